The van der Waals surface area contributed by atoms with Crippen molar-refractivity contribution in [3.05, 3.63) is 18.6 Å². The fourth-order valence-corrected chi connectivity index (χ4v) is 5.58. The van der Waals surface area contributed by atoms with Gasteiger partial charge in [0.1, 0.15) is 17.8 Å². The summed E-state index contributed by atoms with van der Waals surface area (Å²) in [6.45, 7) is 3.11. The Morgan fingerprint density at radius 2 is 2.21 bits per heavy atom. The second kappa shape index (κ2) is 5.42. The van der Waals surface area contributed by atoms with Gasteiger partial charge >= 0.3 is 0 Å². The molecule has 1 N–H and O–H groups in total. The van der Waals surface area contributed by atoms with Crippen LogP contribution in [0.1, 0.15) is 26.2 Å². The number of nitrogens with one attached hydrogen (secondary N) is 1. The largest absolute Gasteiger partial charge is 0.354 e. The molecule has 3 heterocycles. The van der Waals surface area contributed by atoms with Gasteiger partial charge in [0, 0.05) is 31.7 Å². The van der Waals surface area contributed by atoms with E-state index in [9.17, 15) is 8.42 Å². The van der Waals surface area contributed by atoms with Gasteiger partial charge in [-0.25, -0.2) is 18.4 Å². The minimum Gasteiger partial charge on any atom is -0.354 e. The molecule has 1 saturated carbocycles. The van der Waals surface area contributed by atoms with Crippen LogP contribution >= 0.6 is 0 Å². The van der Waals surface area contributed by atoms with Crippen LogP contribution in [0.2, 0.25) is 0 Å². The zero-order valence-corrected chi connectivity index (χ0v) is 14.9. The van der Waals surface area contributed by atoms with Gasteiger partial charge in [0.25, 0.3) is 0 Å². The number of nitrogens with zero attached hydrogens (tertiary/aromatic N) is 4. The van der Waals surface area contributed by atoms with Crippen LogP contribution in [-0.4, -0.2) is 59.6 Å². The highest BCUT2D eigenvalue weighted by molar-refractivity contribution is 7.89. The van der Waals surface area contributed by atoms with Gasteiger partial charge in [0.15, 0.2) is 0 Å². The summed E-state index contributed by atoms with van der Waals surface area (Å²) in [7, 11) is -1.13. The second-order valence-electron chi connectivity index (χ2n) is 7.03. The van der Waals surface area contributed by atoms with Gasteiger partial charge in [0.2, 0.25) is 10.0 Å². The lowest BCUT2D eigenvalue weighted by atomic mass is 9.99. The van der Waals surface area contributed by atoms with Gasteiger partial charge in [-0.3, -0.25) is 0 Å². The first kappa shape index (κ1) is 15.8. The van der Waals surface area contributed by atoms with Crippen molar-refractivity contribution >= 4 is 26.9 Å². The van der Waals surface area contributed by atoms with Crippen LogP contribution in [-0.2, 0) is 10.0 Å². The third kappa shape index (κ3) is 2.39. The van der Waals surface area contributed by atoms with E-state index >= 15 is 0 Å². The average Bonchev–Trinajstić information content (AvgIpc) is 2.98. The number of sulfonamides is 1. The standard InChI is InChI=1S/C16H23N5O2S/c1-3-8-24(22,23)21-9-13(16(10-21)5-6-16)20(2)15-12-4-7-17-14(12)18-11-19-15/h4,7,11,13H,3,5-6,8-10H2,1-2H3,(H,17,18,19)/t13-/m0/s1. The molecule has 1 aliphatic heterocycles. The highest BCUT2D eigenvalue weighted by Gasteiger charge is 2.58. The number of anilines is 1. The fraction of sp³-hybridized carbons (Fsp3) is 0.625. The first-order chi connectivity index (χ1) is 11.5. The van der Waals surface area contributed by atoms with Gasteiger partial charge in [-0.05, 0) is 25.3 Å². The molecule has 1 spiro atoms. The van der Waals surface area contributed by atoms with Crippen molar-refractivity contribution in [2.24, 2.45) is 5.41 Å². The molecule has 1 saturated heterocycles. The predicted molar refractivity (Wildman–Crippen MR) is 93.4 cm³/mol. The van der Waals surface area contributed by atoms with Crippen LogP contribution in [0.15, 0.2) is 18.6 Å². The molecular weight excluding hydrogens is 326 g/mol. The first-order valence-corrected chi connectivity index (χ1v) is 10.1. The molecular formula is C16H23N5O2S. The van der Waals surface area contributed by atoms with Crippen molar-refractivity contribution in [3.8, 4) is 0 Å². The van der Waals surface area contributed by atoms with Crippen LogP contribution < -0.4 is 4.90 Å². The molecule has 7 nitrogen and oxygen atoms in total. The molecule has 2 fully saturated rings. The normalized spacial score (nSPS) is 23.2. The molecule has 24 heavy (non-hydrogen) atoms. The van der Waals surface area contributed by atoms with Crippen molar-refractivity contribution in [2.45, 2.75) is 32.2 Å². The number of likely N-dealkylation sites (N-methyl/N-ethyl adjacent to an activating group) is 1. The van der Waals surface area contributed by atoms with Crippen molar-refractivity contribution < 1.29 is 8.42 Å². The first-order valence-electron chi connectivity index (χ1n) is 8.46. The molecule has 1 atom stereocenters. The molecule has 4 rings (SSSR count). The second-order valence-corrected chi connectivity index (χ2v) is 9.12. The van der Waals surface area contributed by atoms with Gasteiger partial charge < -0.3 is 9.88 Å². The third-order valence-electron chi connectivity index (χ3n) is 5.46. The van der Waals surface area contributed by atoms with Crippen LogP contribution in [0.25, 0.3) is 11.0 Å². The molecule has 2 aliphatic rings. The SMILES string of the molecule is CCCS(=O)(=O)N1C[C@H](N(C)c2ncnc3[nH]ccc23)C2(CC2)C1. The van der Waals surface area contributed by atoms with E-state index in [4.69, 9.17) is 0 Å². The van der Waals surface area contributed by atoms with Crippen molar-refractivity contribution in [1.29, 1.82) is 0 Å². The summed E-state index contributed by atoms with van der Waals surface area (Å²) in [4.78, 5) is 14.0. The van der Waals surface area contributed by atoms with E-state index in [1.54, 1.807) is 10.6 Å². The summed E-state index contributed by atoms with van der Waals surface area (Å²) in [5, 5.41) is 0.977. The summed E-state index contributed by atoms with van der Waals surface area (Å²) >= 11 is 0. The molecule has 0 amide bonds. The number of rotatable bonds is 5. The maximum absolute atomic E-state index is 12.5. The Kier molecular flexibility index (Phi) is 3.58. The van der Waals surface area contributed by atoms with Gasteiger partial charge in [-0.15, -0.1) is 0 Å². The number of fused-ring (bicyclic) bond motifs is 1. The summed E-state index contributed by atoms with van der Waals surface area (Å²) in [6.07, 6.45) is 6.24. The topological polar surface area (TPSA) is 82.2 Å². The zero-order chi connectivity index (χ0) is 16.9. The fourth-order valence-electron chi connectivity index (χ4n) is 3.98. The Morgan fingerprint density at radius 3 is 2.92 bits per heavy atom. The van der Waals surface area contributed by atoms with E-state index in [0.29, 0.717) is 19.5 Å². The maximum atomic E-state index is 12.5. The summed E-state index contributed by atoms with van der Waals surface area (Å²) in [5.74, 6) is 1.10. The van der Waals surface area contributed by atoms with E-state index in [0.717, 1.165) is 29.7 Å². The van der Waals surface area contributed by atoms with Gasteiger partial charge in [-0.1, -0.05) is 6.92 Å². The monoisotopic (exact) mass is 349 g/mol. The van der Waals surface area contributed by atoms with Gasteiger partial charge in [-0.2, -0.15) is 4.31 Å². The van der Waals surface area contributed by atoms with Crippen molar-refractivity contribution in [3.63, 3.8) is 0 Å². The van der Waals surface area contributed by atoms with Crippen LogP contribution in [0, 0.1) is 5.41 Å². The number of H-pyrrole nitrogens is 1. The molecule has 0 bridgehead atoms. The van der Waals surface area contributed by atoms with E-state index in [2.05, 4.69) is 19.9 Å². The molecule has 130 valence electrons. The summed E-state index contributed by atoms with van der Waals surface area (Å²) < 4.78 is 26.7. The molecule has 1 aliphatic carbocycles. The Morgan fingerprint density at radius 1 is 1.42 bits per heavy atom. The summed E-state index contributed by atoms with van der Waals surface area (Å²) in [6, 6.07) is 2.14. The number of aromatic amines is 1. The molecule has 0 aromatic carbocycles. The lowest BCUT2D eigenvalue weighted by molar-refractivity contribution is 0.446. The molecule has 8 heteroatoms. The molecule has 2 aromatic rings. The smallest absolute Gasteiger partial charge is 0.214 e. The van der Waals surface area contributed by atoms with Crippen LogP contribution in [0.4, 0.5) is 5.82 Å². The quantitative estimate of drug-likeness (QED) is 0.886. The Hall–Kier alpha value is -1.67. The van der Waals surface area contributed by atoms with Crippen molar-refractivity contribution in [2.75, 3.05) is 30.8 Å². The Bertz CT molecular complexity index is 858. The highest BCUT2D eigenvalue weighted by atomic mass is 32.2. The maximum Gasteiger partial charge on any atom is 0.214 e. The van der Waals surface area contributed by atoms with E-state index in [1.165, 1.54) is 0 Å². The van der Waals surface area contributed by atoms with Crippen LogP contribution in [0.5, 0.6) is 0 Å². The highest BCUT2D eigenvalue weighted by Crippen LogP contribution is 2.55. The lowest BCUT2D eigenvalue weighted by Gasteiger charge is -2.30. The molecule has 2 aromatic heterocycles. The van der Waals surface area contributed by atoms with E-state index < -0.39 is 10.0 Å². The Labute approximate surface area is 142 Å². The Balaban J connectivity index is 1.65. The van der Waals surface area contributed by atoms with Crippen molar-refractivity contribution in [1.82, 2.24) is 19.3 Å². The minimum atomic E-state index is -3.15. The molecule has 0 unspecified atom stereocenters. The van der Waals surface area contributed by atoms with Gasteiger partial charge in [0.05, 0.1) is 17.2 Å². The van der Waals surface area contributed by atoms with E-state index in [-0.39, 0.29) is 17.2 Å². The van der Waals surface area contributed by atoms with Crippen LogP contribution in [0.3, 0.4) is 0 Å². The predicted octanol–water partition coefficient (Wildman–Crippen LogP) is 1.60. The average molecular weight is 349 g/mol. The van der Waals surface area contributed by atoms with E-state index in [1.807, 2.05) is 26.2 Å². The zero-order valence-electron chi connectivity index (χ0n) is 14.1. The summed E-state index contributed by atoms with van der Waals surface area (Å²) in [5.41, 5.74) is 0.897. The number of hydrogen-bond donors (Lipinski definition) is 1. The minimum absolute atomic E-state index is 0.0865. The number of hydrogen-bond acceptors (Lipinski definition) is 5. The molecule has 0 radical (unpaired) electrons. The number of aromatic nitrogens is 3. The third-order valence-corrected chi connectivity index (χ3v) is 7.45. The lowest BCUT2D eigenvalue weighted by Crippen LogP contribution is -2.40.